The number of carboxylic acid groups (broad SMARTS) is 1. The van der Waals surface area contributed by atoms with E-state index in [9.17, 15) is 18.0 Å². The van der Waals surface area contributed by atoms with E-state index in [0.717, 1.165) is 14.0 Å². The highest BCUT2D eigenvalue weighted by Gasteiger charge is 2.36. The van der Waals surface area contributed by atoms with E-state index in [4.69, 9.17) is 5.11 Å². The van der Waals surface area contributed by atoms with E-state index < -0.39 is 33.8 Å². The highest BCUT2D eigenvalue weighted by Crippen LogP contribution is 2.20. The van der Waals surface area contributed by atoms with Crippen LogP contribution in [0.1, 0.15) is 6.92 Å². The van der Waals surface area contributed by atoms with Crippen LogP contribution in [0.15, 0.2) is 30.3 Å². The van der Waals surface area contributed by atoms with Gasteiger partial charge in [-0.2, -0.15) is 0 Å². The number of nitrogens with zero attached hydrogens (tertiary/aromatic N) is 1. The number of sulfonamides is 1. The number of rotatable bonds is 6. The Morgan fingerprint density at radius 2 is 1.85 bits per heavy atom. The number of carboxylic acids is 1. The number of esters is 1. The van der Waals surface area contributed by atoms with Gasteiger partial charge in [0.1, 0.15) is 6.54 Å². The van der Waals surface area contributed by atoms with Crippen molar-refractivity contribution in [2.75, 3.05) is 18.0 Å². The molecule has 0 spiro atoms. The first kappa shape index (κ1) is 16.0. The number of ether oxygens (including phenoxy) is 1. The summed E-state index contributed by atoms with van der Waals surface area (Å²) >= 11 is 0. The van der Waals surface area contributed by atoms with E-state index >= 15 is 0 Å². The summed E-state index contributed by atoms with van der Waals surface area (Å²) in [5.41, 5.74) is 0.172. The summed E-state index contributed by atoms with van der Waals surface area (Å²) in [7, 11) is -3.11. The molecule has 0 aliphatic heterocycles. The molecule has 1 aromatic carbocycles. The van der Waals surface area contributed by atoms with E-state index in [0.29, 0.717) is 4.31 Å². The van der Waals surface area contributed by atoms with Crippen LogP contribution < -0.4 is 4.31 Å². The molecule has 0 saturated heterocycles. The number of aliphatic carboxylic acids is 1. The van der Waals surface area contributed by atoms with Gasteiger partial charge in [-0.1, -0.05) is 18.2 Å². The summed E-state index contributed by atoms with van der Waals surface area (Å²) in [6, 6.07) is 7.71. The van der Waals surface area contributed by atoms with Crippen LogP contribution in [0.3, 0.4) is 0 Å². The molecule has 7 nitrogen and oxygen atoms in total. The topological polar surface area (TPSA) is 101 Å². The zero-order chi connectivity index (χ0) is 15.3. The summed E-state index contributed by atoms with van der Waals surface area (Å²) in [4.78, 5) is 22.3. The van der Waals surface area contributed by atoms with Gasteiger partial charge in [0.2, 0.25) is 10.0 Å². The van der Waals surface area contributed by atoms with E-state index in [1.165, 1.54) is 12.1 Å². The van der Waals surface area contributed by atoms with Crippen molar-refractivity contribution < 1.29 is 27.9 Å². The minimum absolute atomic E-state index is 0.172. The van der Waals surface area contributed by atoms with E-state index in [1.54, 1.807) is 18.2 Å². The van der Waals surface area contributed by atoms with Gasteiger partial charge in [-0.15, -0.1) is 0 Å². The summed E-state index contributed by atoms with van der Waals surface area (Å²) in [5.74, 6) is -2.27. The monoisotopic (exact) mass is 301 g/mol. The number of benzene rings is 1. The molecule has 1 unspecified atom stereocenters. The van der Waals surface area contributed by atoms with Gasteiger partial charge in [0.15, 0.2) is 5.25 Å². The molecule has 0 aliphatic carbocycles. The fraction of sp³-hybridized carbons (Fsp3) is 0.333. The van der Waals surface area contributed by atoms with E-state index in [2.05, 4.69) is 4.74 Å². The van der Waals surface area contributed by atoms with E-state index in [1.807, 2.05) is 0 Å². The average molecular weight is 301 g/mol. The van der Waals surface area contributed by atoms with Gasteiger partial charge in [-0.05, 0) is 19.1 Å². The molecule has 110 valence electrons. The highest BCUT2D eigenvalue weighted by atomic mass is 32.2. The van der Waals surface area contributed by atoms with Crippen LogP contribution in [0.25, 0.3) is 0 Å². The Labute approximate surface area is 116 Å². The van der Waals surface area contributed by atoms with Crippen LogP contribution in [0.2, 0.25) is 0 Å². The fourth-order valence-electron chi connectivity index (χ4n) is 1.52. The standard InChI is InChI=1S/C12H15NO6S/c1-9(12(16)19-2)20(17,18)13(8-11(14)15)10-6-4-3-5-7-10/h3-7,9H,8H2,1-2H3,(H,14,15). The van der Waals surface area contributed by atoms with Gasteiger partial charge in [0.25, 0.3) is 0 Å². The predicted molar refractivity (Wildman–Crippen MR) is 71.8 cm³/mol. The molecule has 1 rings (SSSR count). The largest absolute Gasteiger partial charge is 0.480 e. The molecule has 8 heteroatoms. The third kappa shape index (κ3) is 3.47. The molecular weight excluding hydrogens is 286 g/mol. The van der Waals surface area contributed by atoms with Crippen LogP contribution in [0.4, 0.5) is 5.69 Å². The molecule has 1 N–H and O–H groups in total. The first-order chi connectivity index (χ1) is 9.30. The quantitative estimate of drug-likeness (QED) is 0.766. The number of carbonyl (C=O) groups is 2. The third-order valence-corrected chi connectivity index (χ3v) is 4.65. The number of hydrogen-bond donors (Lipinski definition) is 1. The summed E-state index contributed by atoms with van der Waals surface area (Å²) in [5, 5.41) is 7.37. The first-order valence-corrected chi connectivity index (χ1v) is 7.17. The Balaban J connectivity index is 3.24. The maximum absolute atomic E-state index is 12.3. The van der Waals surface area contributed by atoms with Crippen molar-refractivity contribution in [1.82, 2.24) is 0 Å². The van der Waals surface area contributed by atoms with Crippen LogP contribution in [0.5, 0.6) is 0 Å². The Hall–Kier alpha value is -2.09. The molecule has 0 saturated carbocycles. The van der Waals surface area contributed by atoms with Crippen molar-refractivity contribution in [3.05, 3.63) is 30.3 Å². The molecule has 1 aromatic rings. The van der Waals surface area contributed by atoms with E-state index in [-0.39, 0.29) is 5.69 Å². The maximum Gasteiger partial charge on any atom is 0.325 e. The fourth-order valence-corrected chi connectivity index (χ4v) is 2.95. The Morgan fingerprint density at radius 3 is 2.30 bits per heavy atom. The van der Waals surface area contributed by atoms with Gasteiger partial charge in [0.05, 0.1) is 12.8 Å². The number of hydrogen-bond acceptors (Lipinski definition) is 5. The second-order valence-corrected chi connectivity index (χ2v) is 6.12. The lowest BCUT2D eigenvalue weighted by Crippen LogP contribution is -2.44. The molecular formula is C12H15NO6S. The third-order valence-electron chi connectivity index (χ3n) is 2.61. The van der Waals surface area contributed by atoms with Crippen LogP contribution >= 0.6 is 0 Å². The first-order valence-electron chi connectivity index (χ1n) is 5.67. The van der Waals surface area contributed by atoms with Gasteiger partial charge in [-0.3, -0.25) is 13.9 Å². The second-order valence-electron chi connectivity index (χ2n) is 3.95. The van der Waals surface area contributed by atoms with Crippen LogP contribution in [-0.2, 0) is 24.3 Å². The molecule has 0 bridgehead atoms. The van der Waals surface area contributed by atoms with Crippen molar-refractivity contribution in [2.45, 2.75) is 12.2 Å². The summed E-state index contributed by atoms with van der Waals surface area (Å²) < 4.78 is 29.7. The SMILES string of the molecule is COC(=O)C(C)S(=O)(=O)N(CC(=O)O)c1ccccc1. The number of carbonyl (C=O) groups excluding carboxylic acids is 1. The minimum Gasteiger partial charge on any atom is -0.480 e. The molecule has 0 fully saturated rings. The molecule has 1 atom stereocenters. The van der Waals surface area contributed by atoms with Crippen molar-refractivity contribution in [1.29, 1.82) is 0 Å². The minimum atomic E-state index is -4.18. The van der Waals surface area contributed by atoms with Gasteiger partial charge in [-0.25, -0.2) is 8.42 Å². The summed E-state index contributed by atoms with van der Waals surface area (Å²) in [6.45, 7) is 0.382. The van der Waals surface area contributed by atoms with Crippen LogP contribution in [-0.4, -0.2) is 44.4 Å². The normalized spacial score (nSPS) is 12.5. The molecule has 20 heavy (non-hydrogen) atoms. The lowest BCUT2D eigenvalue weighted by atomic mass is 10.3. The van der Waals surface area contributed by atoms with Gasteiger partial charge >= 0.3 is 11.9 Å². The van der Waals surface area contributed by atoms with Gasteiger partial charge < -0.3 is 9.84 Å². The number of methoxy groups -OCH3 is 1. The number of para-hydroxylation sites is 1. The molecule has 0 heterocycles. The van der Waals surface area contributed by atoms with Gasteiger partial charge in [0, 0.05) is 0 Å². The molecule has 0 aromatic heterocycles. The smallest absolute Gasteiger partial charge is 0.325 e. The average Bonchev–Trinajstić information content (AvgIpc) is 2.43. The maximum atomic E-state index is 12.3. The molecule has 0 radical (unpaired) electrons. The van der Waals surface area contributed by atoms with Crippen molar-refractivity contribution in [2.24, 2.45) is 0 Å². The summed E-state index contributed by atoms with van der Waals surface area (Å²) in [6.07, 6.45) is 0. The van der Waals surface area contributed by atoms with Crippen LogP contribution in [0, 0.1) is 0 Å². The molecule has 0 amide bonds. The van der Waals surface area contributed by atoms with Crippen molar-refractivity contribution in [3.8, 4) is 0 Å². The Morgan fingerprint density at radius 1 is 1.30 bits per heavy atom. The molecule has 0 aliphatic rings. The zero-order valence-corrected chi connectivity index (χ0v) is 11.8. The van der Waals surface area contributed by atoms with Crippen molar-refractivity contribution >= 4 is 27.6 Å². The Kier molecular flexibility index (Phi) is 5.09. The lowest BCUT2D eigenvalue weighted by Gasteiger charge is -2.25. The zero-order valence-electron chi connectivity index (χ0n) is 11.0. The second kappa shape index (κ2) is 6.38. The number of anilines is 1. The predicted octanol–water partition coefficient (Wildman–Crippen LogP) is 0.469. The van der Waals surface area contributed by atoms with Crippen molar-refractivity contribution in [3.63, 3.8) is 0 Å². The lowest BCUT2D eigenvalue weighted by molar-refractivity contribution is -0.140. The highest BCUT2D eigenvalue weighted by molar-refractivity contribution is 7.94. The Bertz CT molecular complexity index is 583.